The van der Waals surface area contributed by atoms with Crippen molar-refractivity contribution >= 4 is 23.7 Å². The molecule has 0 unspecified atom stereocenters. The number of anilines is 1. The van der Waals surface area contributed by atoms with Gasteiger partial charge in [0.15, 0.2) is 0 Å². The lowest BCUT2D eigenvalue weighted by atomic mass is 9.78. The molecule has 0 aromatic heterocycles. The molecule has 1 aromatic rings. The van der Waals surface area contributed by atoms with Gasteiger partial charge in [0.2, 0.25) is 5.91 Å². The minimum atomic E-state index is -1.09. The fourth-order valence-corrected chi connectivity index (χ4v) is 3.00. The molecule has 0 spiro atoms. The second kappa shape index (κ2) is 9.89. The summed E-state index contributed by atoms with van der Waals surface area (Å²) in [7, 11) is 0. The first kappa shape index (κ1) is 21.4. The molecule has 8 nitrogen and oxygen atoms in total. The summed E-state index contributed by atoms with van der Waals surface area (Å²) in [6.07, 6.45) is 4.72. The monoisotopic (exact) mass is 390 g/mol. The first-order valence-electron chi connectivity index (χ1n) is 9.16. The average molecular weight is 390 g/mol. The summed E-state index contributed by atoms with van der Waals surface area (Å²) < 4.78 is 5.45. The molecule has 0 bridgehead atoms. The minimum absolute atomic E-state index is 0.0730. The van der Waals surface area contributed by atoms with Crippen LogP contribution in [0.1, 0.15) is 38.2 Å². The molecule has 0 saturated heterocycles. The Bertz CT molecular complexity index is 731. The van der Waals surface area contributed by atoms with Gasteiger partial charge in [0.25, 0.3) is 0 Å². The summed E-state index contributed by atoms with van der Waals surface area (Å²) in [4.78, 5) is 35.2. The van der Waals surface area contributed by atoms with Gasteiger partial charge >= 0.3 is 12.1 Å². The Kier molecular flexibility index (Phi) is 7.57. The number of carbonyl (C=O) groups excluding carboxylic acids is 2. The van der Waals surface area contributed by atoms with Gasteiger partial charge in [-0.1, -0.05) is 25.1 Å². The van der Waals surface area contributed by atoms with E-state index in [0.717, 1.165) is 5.56 Å². The van der Waals surface area contributed by atoms with E-state index in [2.05, 4.69) is 10.6 Å². The van der Waals surface area contributed by atoms with E-state index < -0.39 is 30.1 Å². The summed E-state index contributed by atoms with van der Waals surface area (Å²) in [6.45, 7) is 1.31. The normalized spacial score (nSPS) is 23.0. The van der Waals surface area contributed by atoms with Crippen LogP contribution >= 0.6 is 0 Å². The topological polar surface area (TPSA) is 125 Å². The summed E-state index contributed by atoms with van der Waals surface area (Å²) >= 11 is 0. The van der Waals surface area contributed by atoms with Crippen LogP contribution in [0.15, 0.2) is 36.4 Å². The number of hydrogen-bond acceptors (Lipinski definition) is 5. The van der Waals surface area contributed by atoms with Crippen LogP contribution in [-0.4, -0.2) is 40.8 Å². The van der Waals surface area contributed by atoms with Gasteiger partial charge in [-0.05, 0) is 49.5 Å². The zero-order valence-corrected chi connectivity index (χ0v) is 15.8. The largest absolute Gasteiger partial charge is 0.480 e. The number of aliphatic hydroxyl groups excluding tert-OH is 1. The van der Waals surface area contributed by atoms with Gasteiger partial charge in [-0.25, -0.2) is 4.79 Å². The number of amides is 2. The van der Waals surface area contributed by atoms with Crippen molar-refractivity contribution in [3.8, 4) is 0 Å². The molecular weight excluding hydrogens is 364 g/mol. The van der Waals surface area contributed by atoms with Gasteiger partial charge in [0.05, 0.1) is 6.61 Å². The van der Waals surface area contributed by atoms with Crippen LogP contribution in [0.4, 0.5) is 10.5 Å². The summed E-state index contributed by atoms with van der Waals surface area (Å²) in [6, 6.07) is 6.74. The zero-order chi connectivity index (χ0) is 20.6. The number of hydrogen-bond donors (Lipinski definition) is 4. The molecule has 2 rings (SSSR count). The fraction of sp³-hybridized carbons (Fsp3) is 0.450. The molecule has 2 atom stereocenters. The molecule has 152 valence electrons. The van der Waals surface area contributed by atoms with E-state index >= 15 is 0 Å². The molecule has 1 aromatic carbocycles. The van der Waals surface area contributed by atoms with Crippen LogP contribution in [0.2, 0.25) is 0 Å². The Morgan fingerprint density at radius 3 is 2.57 bits per heavy atom. The predicted molar refractivity (Wildman–Crippen MR) is 103 cm³/mol. The minimum Gasteiger partial charge on any atom is -0.480 e. The van der Waals surface area contributed by atoms with Crippen LogP contribution in [0.5, 0.6) is 0 Å². The van der Waals surface area contributed by atoms with Gasteiger partial charge in [-0.15, -0.1) is 0 Å². The number of carboxylic acid groups (broad SMARTS) is 1. The summed E-state index contributed by atoms with van der Waals surface area (Å²) in [5.74, 6) is -1.40. The van der Waals surface area contributed by atoms with E-state index in [1.165, 1.54) is 0 Å². The lowest BCUT2D eigenvalue weighted by Crippen LogP contribution is -2.42. The highest BCUT2D eigenvalue weighted by Gasteiger charge is 2.34. The quantitative estimate of drug-likeness (QED) is 0.553. The van der Waals surface area contributed by atoms with Crippen molar-refractivity contribution in [2.24, 2.45) is 5.41 Å². The maximum Gasteiger partial charge on any atom is 0.412 e. The van der Waals surface area contributed by atoms with Gasteiger partial charge in [-0.3, -0.25) is 14.9 Å². The number of rotatable bonds is 6. The Hall–Kier alpha value is -2.87. The summed E-state index contributed by atoms with van der Waals surface area (Å²) in [5.41, 5.74) is 0.565. The second-order valence-electron chi connectivity index (χ2n) is 7.07. The Balaban J connectivity index is 1.91. The summed E-state index contributed by atoms with van der Waals surface area (Å²) in [5, 5.41) is 22.8. The smallest absolute Gasteiger partial charge is 0.412 e. The number of allylic oxidation sites excluding steroid dienone is 1. The van der Waals surface area contributed by atoms with Gasteiger partial charge in [0.1, 0.15) is 12.6 Å². The molecular formula is C20H26N2O6. The van der Waals surface area contributed by atoms with Gasteiger partial charge < -0.3 is 20.3 Å². The Morgan fingerprint density at radius 2 is 1.93 bits per heavy atom. The highest BCUT2D eigenvalue weighted by molar-refractivity contribution is 5.86. The van der Waals surface area contributed by atoms with Gasteiger partial charge in [-0.2, -0.15) is 0 Å². The number of carbonyl (C=O) groups is 3. The highest BCUT2D eigenvalue weighted by Crippen LogP contribution is 2.33. The number of benzene rings is 1. The van der Waals surface area contributed by atoms with Crippen molar-refractivity contribution < 1.29 is 29.3 Å². The molecule has 0 aliphatic heterocycles. The van der Waals surface area contributed by atoms with Crippen LogP contribution in [0, 0.1) is 5.41 Å². The van der Waals surface area contributed by atoms with E-state index in [1.54, 1.807) is 31.2 Å². The lowest BCUT2D eigenvalue weighted by molar-refractivity contribution is -0.140. The molecule has 1 aliphatic rings. The number of carboxylic acids is 1. The van der Waals surface area contributed by atoms with E-state index in [-0.39, 0.29) is 12.5 Å². The first-order chi connectivity index (χ1) is 13.3. The standard InChI is InChI=1S/C20H26N2O6/c1-20(18(26)21-12-17(24)25)10-3-2-4-16(9-11-20)28-19(27)22-15-7-5-14(13-23)6-8-15/h2,4-8,16,23H,3,9-13H2,1H3,(H,21,26)(H,22,27)(H,24,25)/b4-2+/t16-,20+/m0/s1. The maximum absolute atomic E-state index is 12.4. The number of aliphatic carboxylic acids is 1. The average Bonchev–Trinajstić information content (AvgIpc) is 2.66. The molecule has 4 N–H and O–H groups in total. The van der Waals surface area contributed by atoms with Crippen molar-refractivity contribution in [2.75, 3.05) is 11.9 Å². The maximum atomic E-state index is 12.4. The zero-order valence-electron chi connectivity index (χ0n) is 15.8. The third-order valence-electron chi connectivity index (χ3n) is 4.78. The van der Waals surface area contributed by atoms with Crippen molar-refractivity contribution in [2.45, 2.75) is 45.3 Å². The van der Waals surface area contributed by atoms with Crippen LogP contribution < -0.4 is 10.6 Å². The number of ether oxygens (including phenoxy) is 1. The van der Waals surface area contributed by atoms with Crippen molar-refractivity contribution in [1.29, 1.82) is 0 Å². The lowest BCUT2D eigenvalue weighted by Gasteiger charge is -2.30. The predicted octanol–water partition coefficient (Wildman–Crippen LogP) is 2.43. The molecule has 0 heterocycles. The van der Waals surface area contributed by atoms with Crippen LogP contribution in [0.3, 0.4) is 0 Å². The Labute approximate surface area is 163 Å². The van der Waals surface area contributed by atoms with E-state index in [0.29, 0.717) is 31.4 Å². The molecule has 0 saturated carbocycles. The highest BCUT2D eigenvalue weighted by atomic mass is 16.6. The van der Waals surface area contributed by atoms with Crippen LogP contribution in [0.25, 0.3) is 0 Å². The van der Waals surface area contributed by atoms with Crippen LogP contribution in [-0.2, 0) is 20.9 Å². The third kappa shape index (κ3) is 6.38. The SMILES string of the molecule is C[C@@]1(C(=O)NCC(=O)O)CC/C=C/[C@H](OC(=O)Nc2ccc(CO)cc2)CC1. The van der Waals surface area contributed by atoms with Crippen molar-refractivity contribution in [1.82, 2.24) is 5.32 Å². The second-order valence-corrected chi connectivity index (χ2v) is 7.07. The van der Waals surface area contributed by atoms with Gasteiger partial charge in [0, 0.05) is 11.1 Å². The van der Waals surface area contributed by atoms with Crippen molar-refractivity contribution in [3.63, 3.8) is 0 Å². The van der Waals surface area contributed by atoms with E-state index in [9.17, 15) is 14.4 Å². The fourth-order valence-electron chi connectivity index (χ4n) is 3.00. The first-order valence-corrected chi connectivity index (χ1v) is 9.16. The Morgan fingerprint density at radius 1 is 1.21 bits per heavy atom. The van der Waals surface area contributed by atoms with Crippen molar-refractivity contribution in [3.05, 3.63) is 42.0 Å². The molecule has 0 fully saturated rings. The van der Waals surface area contributed by atoms with E-state index in [4.69, 9.17) is 14.9 Å². The molecule has 1 aliphatic carbocycles. The molecule has 2 amide bonds. The molecule has 0 radical (unpaired) electrons. The molecule has 8 heteroatoms. The molecule has 28 heavy (non-hydrogen) atoms. The third-order valence-corrected chi connectivity index (χ3v) is 4.78. The number of nitrogens with one attached hydrogen (secondary N) is 2. The van der Waals surface area contributed by atoms with E-state index in [1.807, 2.05) is 12.2 Å². The number of aliphatic hydroxyl groups is 1.